The van der Waals surface area contributed by atoms with Crippen molar-refractivity contribution in [3.8, 4) is 16.9 Å². The Morgan fingerprint density at radius 2 is 1.76 bits per heavy atom. The fourth-order valence-electron chi connectivity index (χ4n) is 5.58. The minimum atomic E-state index is -5.11. The number of likely N-dealkylation sites (N-methyl/N-ethyl adjacent to an activating group) is 1. The van der Waals surface area contributed by atoms with E-state index in [-0.39, 0.29) is 48.2 Å². The Bertz CT molecular complexity index is 1540. The largest absolute Gasteiger partial charge is 0.507 e. The highest BCUT2D eigenvalue weighted by Gasteiger charge is 2.41. The van der Waals surface area contributed by atoms with Gasteiger partial charge in [-0.25, -0.2) is 13.8 Å². The number of phenolic OH excluding ortho intramolecular Hbond substituents is 1. The van der Waals surface area contributed by atoms with E-state index in [9.17, 15) is 27.5 Å². The highest BCUT2D eigenvalue weighted by molar-refractivity contribution is 5.97. The molecule has 0 saturated carbocycles. The number of fused-ring (bicyclic) bond motifs is 1. The van der Waals surface area contributed by atoms with Crippen LogP contribution in [0, 0.1) is 11.6 Å². The molecule has 2 fully saturated rings. The molecule has 1 N–H and O–H groups in total. The molecule has 5 rings (SSSR count). The Hall–Kier alpha value is -4.00. The quantitative estimate of drug-likeness (QED) is 0.342. The van der Waals surface area contributed by atoms with Crippen LogP contribution in [0.2, 0.25) is 0 Å². The van der Waals surface area contributed by atoms with Crippen molar-refractivity contribution in [2.45, 2.75) is 38.1 Å². The number of aromatic nitrogens is 2. The molecule has 1 amide bonds. The minimum Gasteiger partial charge on any atom is -0.507 e. The monoisotopic (exact) mass is 590 g/mol. The van der Waals surface area contributed by atoms with E-state index in [1.165, 1.54) is 6.08 Å². The number of piperazine rings is 1. The van der Waals surface area contributed by atoms with Gasteiger partial charge in [0.15, 0.2) is 5.82 Å². The molecule has 3 heterocycles. The molecular weight excluding hydrogens is 559 g/mol. The van der Waals surface area contributed by atoms with Gasteiger partial charge in [0.1, 0.15) is 22.9 Å². The molecule has 42 heavy (non-hydrogen) atoms. The third kappa shape index (κ3) is 4.99. The van der Waals surface area contributed by atoms with Crippen molar-refractivity contribution in [2.75, 3.05) is 50.1 Å². The lowest BCUT2D eigenvalue weighted by Crippen LogP contribution is -2.59. The Morgan fingerprint density at radius 1 is 1.07 bits per heavy atom. The maximum absolute atomic E-state index is 16.4. The third-order valence-corrected chi connectivity index (χ3v) is 8.04. The molecule has 2 atom stereocenters. The van der Waals surface area contributed by atoms with Gasteiger partial charge >= 0.3 is 6.18 Å². The zero-order valence-electron chi connectivity index (χ0n) is 23.6. The number of carbonyl (C=O) groups excluding carboxylic acids is 1. The first-order chi connectivity index (χ1) is 19.7. The van der Waals surface area contributed by atoms with Crippen LogP contribution in [0.4, 0.5) is 33.7 Å². The number of benzene rings is 2. The van der Waals surface area contributed by atoms with E-state index in [4.69, 9.17) is 0 Å². The van der Waals surface area contributed by atoms with E-state index in [0.29, 0.717) is 13.1 Å². The molecule has 0 spiro atoms. The predicted octanol–water partition coefficient (Wildman–Crippen LogP) is 4.66. The van der Waals surface area contributed by atoms with Crippen LogP contribution in [0.1, 0.15) is 19.4 Å². The topological polar surface area (TPSA) is 76.0 Å². The van der Waals surface area contributed by atoms with E-state index in [0.717, 1.165) is 24.3 Å². The van der Waals surface area contributed by atoms with Gasteiger partial charge in [-0.1, -0.05) is 12.6 Å². The van der Waals surface area contributed by atoms with E-state index >= 15 is 4.39 Å². The van der Waals surface area contributed by atoms with Crippen LogP contribution in [0.25, 0.3) is 22.0 Å². The van der Waals surface area contributed by atoms with Crippen molar-refractivity contribution in [1.82, 2.24) is 19.8 Å². The van der Waals surface area contributed by atoms with Gasteiger partial charge in [-0.15, -0.1) is 0 Å². The van der Waals surface area contributed by atoms with Crippen LogP contribution < -0.4 is 9.80 Å². The standard InChI is InChI=1S/C29H31F5N6O2/c1-6-22(42)39-11-16(3)40(12-15(39)2)27-18-10-19(29(32,33)34)23(24-20(30)8-7-9-21(24)41)25(31)26(18)35-28(36-27)38-13-17(14-38)37(4)5/h6-10,15-17,41H,1,11-14H2,2-5H3/t15-,16+/m1/s1. The Kier molecular flexibility index (Phi) is 7.50. The van der Waals surface area contributed by atoms with E-state index in [1.807, 2.05) is 19.0 Å². The average molecular weight is 591 g/mol. The normalized spacial score (nSPS) is 19.9. The maximum Gasteiger partial charge on any atom is 0.417 e. The molecule has 13 heteroatoms. The molecular formula is C29H31F5N6O2. The Morgan fingerprint density at radius 3 is 2.36 bits per heavy atom. The number of amides is 1. The number of hydrogen-bond acceptors (Lipinski definition) is 7. The lowest BCUT2D eigenvalue weighted by Gasteiger charge is -2.45. The van der Waals surface area contributed by atoms with E-state index < -0.39 is 51.8 Å². The number of aromatic hydroxyl groups is 1. The molecule has 8 nitrogen and oxygen atoms in total. The summed E-state index contributed by atoms with van der Waals surface area (Å²) in [5, 5.41) is 10.1. The summed E-state index contributed by atoms with van der Waals surface area (Å²) in [6.07, 6.45) is -3.91. The molecule has 2 aliphatic rings. The molecule has 3 aromatic rings. The highest BCUT2D eigenvalue weighted by Crippen LogP contribution is 2.46. The molecule has 2 aliphatic heterocycles. The van der Waals surface area contributed by atoms with Crippen molar-refractivity contribution in [1.29, 1.82) is 0 Å². The van der Waals surface area contributed by atoms with Crippen LogP contribution in [-0.4, -0.2) is 89.2 Å². The summed E-state index contributed by atoms with van der Waals surface area (Å²) < 4.78 is 74.8. The fraction of sp³-hybridized carbons (Fsp3) is 0.414. The van der Waals surface area contributed by atoms with Gasteiger partial charge in [-0.2, -0.15) is 18.2 Å². The van der Waals surface area contributed by atoms with Crippen molar-refractivity contribution >= 4 is 28.6 Å². The first-order valence-corrected chi connectivity index (χ1v) is 13.4. The smallest absolute Gasteiger partial charge is 0.417 e. The highest BCUT2D eigenvalue weighted by atomic mass is 19.4. The first-order valence-electron chi connectivity index (χ1n) is 13.4. The molecule has 0 radical (unpaired) electrons. The SMILES string of the molecule is C=CC(=O)N1C[C@H](C)N(c2nc(N3CC(N(C)C)C3)nc3c(F)c(-c4c(O)cccc4F)c(C(F)(F)F)cc23)C[C@H]1C. The third-order valence-electron chi connectivity index (χ3n) is 8.04. The number of halogens is 5. The number of anilines is 2. The van der Waals surface area contributed by atoms with E-state index in [2.05, 4.69) is 16.5 Å². The molecule has 0 bridgehead atoms. The molecule has 0 unspecified atom stereocenters. The van der Waals surface area contributed by atoms with Gasteiger partial charge in [0.05, 0.1) is 11.1 Å². The number of rotatable bonds is 5. The molecule has 1 aromatic heterocycles. The number of carbonyl (C=O) groups is 1. The minimum absolute atomic E-state index is 0.0714. The van der Waals surface area contributed by atoms with Crippen LogP contribution in [0.3, 0.4) is 0 Å². The summed E-state index contributed by atoms with van der Waals surface area (Å²) in [6.45, 7) is 8.57. The van der Waals surface area contributed by atoms with Gasteiger partial charge in [0.2, 0.25) is 11.9 Å². The lowest BCUT2D eigenvalue weighted by atomic mass is 9.94. The first kappa shape index (κ1) is 29.5. The average Bonchev–Trinajstić information content (AvgIpc) is 2.88. The van der Waals surface area contributed by atoms with Crippen LogP contribution in [-0.2, 0) is 11.0 Å². The van der Waals surface area contributed by atoms with Crippen LogP contribution in [0.15, 0.2) is 36.9 Å². The summed E-state index contributed by atoms with van der Waals surface area (Å²) in [7, 11) is 3.82. The van der Waals surface area contributed by atoms with Gasteiger partial charge < -0.3 is 24.7 Å². The predicted molar refractivity (Wildman–Crippen MR) is 149 cm³/mol. The molecule has 0 aliphatic carbocycles. The second kappa shape index (κ2) is 10.7. The molecule has 2 saturated heterocycles. The fourth-order valence-corrected chi connectivity index (χ4v) is 5.58. The maximum atomic E-state index is 16.4. The summed E-state index contributed by atoms with van der Waals surface area (Å²) in [5.41, 5.74) is -3.93. The second-order valence-corrected chi connectivity index (χ2v) is 11.1. The van der Waals surface area contributed by atoms with Crippen molar-refractivity contribution in [3.05, 3.63) is 54.1 Å². The summed E-state index contributed by atoms with van der Waals surface area (Å²) in [5.74, 6) is -3.57. The van der Waals surface area contributed by atoms with Crippen LogP contribution in [0.5, 0.6) is 5.75 Å². The zero-order chi connectivity index (χ0) is 30.7. The second-order valence-electron chi connectivity index (χ2n) is 11.1. The van der Waals surface area contributed by atoms with Gasteiger partial charge in [-0.3, -0.25) is 4.79 Å². The van der Waals surface area contributed by atoms with Gasteiger partial charge in [-0.05, 0) is 52.2 Å². The lowest BCUT2D eigenvalue weighted by molar-refractivity contribution is -0.137. The van der Waals surface area contributed by atoms with Crippen molar-refractivity contribution in [3.63, 3.8) is 0 Å². The van der Waals surface area contributed by atoms with Crippen LogP contribution >= 0.6 is 0 Å². The van der Waals surface area contributed by atoms with E-state index in [1.54, 1.807) is 28.5 Å². The summed E-state index contributed by atoms with van der Waals surface area (Å²) in [4.78, 5) is 28.6. The van der Waals surface area contributed by atoms with Crippen molar-refractivity contribution in [2.24, 2.45) is 0 Å². The van der Waals surface area contributed by atoms with Gasteiger partial charge in [0, 0.05) is 55.3 Å². The summed E-state index contributed by atoms with van der Waals surface area (Å²) in [6, 6.07) is 3.08. The number of alkyl halides is 3. The number of phenols is 1. The number of nitrogens with zero attached hydrogens (tertiary/aromatic N) is 6. The number of hydrogen-bond donors (Lipinski definition) is 1. The zero-order valence-corrected chi connectivity index (χ0v) is 23.6. The summed E-state index contributed by atoms with van der Waals surface area (Å²) >= 11 is 0. The van der Waals surface area contributed by atoms with Crippen molar-refractivity contribution < 1.29 is 31.9 Å². The Balaban J connectivity index is 1.77. The molecule has 2 aromatic carbocycles. The molecule has 224 valence electrons. The van der Waals surface area contributed by atoms with Gasteiger partial charge in [0.25, 0.3) is 0 Å². The Labute approximate surface area is 239 Å².